The van der Waals surface area contributed by atoms with Gasteiger partial charge in [-0.15, -0.1) is 4.91 Å². The normalized spacial score (nSPS) is 9.64. The van der Waals surface area contributed by atoms with E-state index in [9.17, 15) is 9.30 Å². The van der Waals surface area contributed by atoms with Crippen molar-refractivity contribution in [1.82, 2.24) is 0 Å². The number of rotatable bonds is 2. The fraction of sp³-hybridized carbons (Fsp3) is 0.143. The van der Waals surface area contributed by atoms with Gasteiger partial charge in [0.1, 0.15) is 11.5 Å². The van der Waals surface area contributed by atoms with Crippen molar-refractivity contribution in [3.63, 3.8) is 0 Å². The fourth-order valence-corrected chi connectivity index (χ4v) is 1.20. The van der Waals surface area contributed by atoms with E-state index in [1.165, 1.54) is 18.2 Å². The van der Waals surface area contributed by atoms with Crippen LogP contribution in [0.5, 0.6) is 0 Å². The molecule has 0 unspecified atom stereocenters. The Kier molecular flexibility index (Phi) is 2.70. The van der Waals surface area contributed by atoms with E-state index in [4.69, 9.17) is 0 Å². The van der Waals surface area contributed by atoms with Crippen LogP contribution in [0.15, 0.2) is 23.4 Å². The first kappa shape index (κ1) is 8.33. The summed E-state index contributed by atoms with van der Waals surface area (Å²) in [7, 11) is 0. The predicted octanol–water partition coefficient (Wildman–Crippen LogP) is 3.12. The number of halogens is 2. The second-order valence-electron chi connectivity index (χ2n) is 2.00. The van der Waals surface area contributed by atoms with Crippen LogP contribution in [0.1, 0.15) is 5.56 Å². The molecule has 4 heteroatoms. The summed E-state index contributed by atoms with van der Waals surface area (Å²) in [5, 5.41) is 3.17. The molecule has 0 aliphatic carbocycles. The molecule has 0 saturated heterocycles. The molecule has 58 valence electrons. The Bertz CT molecular complexity index is 277. The van der Waals surface area contributed by atoms with Gasteiger partial charge in [-0.2, -0.15) is 0 Å². The van der Waals surface area contributed by atoms with Crippen molar-refractivity contribution in [3.05, 3.63) is 34.5 Å². The Hall–Kier alpha value is -0.770. The number of nitrogens with zero attached hydrogens (tertiary/aromatic N) is 1. The molecule has 0 amide bonds. The molecule has 1 aromatic carbocycles. The topological polar surface area (TPSA) is 29.4 Å². The van der Waals surface area contributed by atoms with Crippen molar-refractivity contribution >= 4 is 21.6 Å². The molecule has 11 heavy (non-hydrogen) atoms. The molecule has 0 aliphatic heterocycles. The van der Waals surface area contributed by atoms with Gasteiger partial charge in [0.25, 0.3) is 0 Å². The van der Waals surface area contributed by atoms with E-state index in [1.807, 2.05) is 0 Å². The molecular weight excluding hydrogens is 213 g/mol. The van der Waals surface area contributed by atoms with E-state index in [-0.39, 0.29) is 11.5 Å². The third kappa shape index (κ3) is 1.83. The fourth-order valence-electron chi connectivity index (χ4n) is 0.750. The average Bonchev–Trinajstić information content (AvgIpc) is 2.04. The maximum atomic E-state index is 12.5. The highest BCUT2D eigenvalue weighted by molar-refractivity contribution is 9.08. The van der Waals surface area contributed by atoms with Gasteiger partial charge in [0.05, 0.1) is 0 Å². The van der Waals surface area contributed by atoms with Gasteiger partial charge in [0, 0.05) is 5.33 Å². The van der Waals surface area contributed by atoms with Gasteiger partial charge in [-0.1, -0.05) is 15.9 Å². The minimum absolute atomic E-state index is 0.281. The van der Waals surface area contributed by atoms with Crippen LogP contribution < -0.4 is 0 Å². The maximum Gasteiger partial charge on any atom is 0.123 e. The zero-order valence-corrected chi connectivity index (χ0v) is 7.14. The number of alkyl halides is 1. The summed E-state index contributed by atoms with van der Waals surface area (Å²) in [4.78, 5) is 10.1. The highest BCUT2D eigenvalue weighted by atomic mass is 79.9. The lowest BCUT2D eigenvalue weighted by Gasteiger charge is -1.97. The van der Waals surface area contributed by atoms with Gasteiger partial charge < -0.3 is 0 Å². The smallest absolute Gasteiger partial charge is 0.123 e. The second kappa shape index (κ2) is 3.57. The molecule has 1 aromatic rings. The van der Waals surface area contributed by atoms with E-state index in [0.717, 1.165) is 0 Å². The zero-order chi connectivity index (χ0) is 8.27. The van der Waals surface area contributed by atoms with Crippen molar-refractivity contribution in [3.8, 4) is 0 Å². The van der Waals surface area contributed by atoms with Gasteiger partial charge in [-0.3, -0.25) is 0 Å². The summed E-state index contributed by atoms with van der Waals surface area (Å²) in [5.74, 6) is -0.355. The highest BCUT2D eigenvalue weighted by Crippen LogP contribution is 2.21. The first-order valence-corrected chi connectivity index (χ1v) is 4.08. The number of nitroso groups, excluding NO2 is 1. The minimum Gasteiger partial charge on any atom is -0.207 e. The largest absolute Gasteiger partial charge is 0.207 e. The summed E-state index contributed by atoms with van der Waals surface area (Å²) < 4.78 is 12.5. The summed E-state index contributed by atoms with van der Waals surface area (Å²) in [6, 6.07) is 3.85. The van der Waals surface area contributed by atoms with Gasteiger partial charge in [-0.05, 0) is 28.9 Å². The van der Waals surface area contributed by atoms with Crippen LogP contribution in [-0.4, -0.2) is 0 Å². The second-order valence-corrected chi connectivity index (χ2v) is 2.56. The van der Waals surface area contributed by atoms with Crippen LogP contribution in [0.2, 0.25) is 0 Å². The lowest BCUT2D eigenvalue weighted by Crippen LogP contribution is -1.80. The predicted molar refractivity (Wildman–Crippen MR) is 44.5 cm³/mol. The van der Waals surface area contributed by atoms with E-state index in [1.54, 1.807) is 0 Å². The third-order valence-corrected chi connectivity index (χ3v) is 1.89. The Balaban J connectivity index is 3.16. The zero-order valence-electron chi connectivity index (χ0n) is 5.55. The molecule has 1 rings (SSSR count). The maximum absolute atomic E-state index is 12.5. The van der Waals surface area contributed by atoms with E-state index in [2.05, 4.69) is 21.1 Å². The summed E-state index contributed by atoms with van der Waals surface area (Å²) in [5.41, 5.74) is 0.850. The lowest BCUT2D eigenvalue weighted by molar-refractivity contribution is 0.626. The molecule has 0 fully saturated rings. The van der Waals surface area contributed by atoms with Gasteiger partial charge in [0.15, 0.2) is 0 Å². The van der Waals surface area contributed by atoms with Crippen LogP contribution in [0.3, 0.4) is 0 Å². The van der Waals surface area contributed by atoms with Crippen molar-refractivity contribution < 1.29 is 4.39 Å². The van der Waals surface area contributed by atoms with E-state index in [0.29, 0.717) is 10.9 Å². The Morgan fingerprint density at radius 3 is 2.82 bits per heavy atom. The summed E-state index contributed by atoms with van der Waals surface area (Å²) in [6.07, 6.45) is 0. The van der Waals surface area contributed by atoms with Crippen LogP contribution in [0, 0.1) is 10.7 Å². The molecule has 0 spiro atoms. The first-order valence-electron chi connectivity index (χ1n) is 2.95. The molecule has 0 heterocycles. The van der Waals surface area contributed by atoms with Crippen LogP contribution in [0.4, 0.5) is 10.1 Å². The number of hydrogen-bond acceptors (Lipinski definition) is 2. The lowest BCUT2D eigenvalue weighted by atomic mass is 10.2. The molecule has 0 atom stereocenters. The van der Waals surface area contributed by atoms with Crippen molar-refractivity contribution in [2.45, 2.75) is 5.33 Å². The molecule has 0 radical (unpaired) electrons. The molecule has 0 saturated carbocycles. The first-order chi connectivity index (χ1) is 5.27. The minimum atomic E-state index is -0.355. The quantitative estimate of drug-likeness (QED) is 0.553. The van der Waals surface area contributed by atoms with Crippen LogP contribution in [-0.2, 0) is 5.33 Å². The van der Waals surface area contributed by atoms with Crippen molar-refractivity contribution in [2.24, 2.45) is 5.18 Å². The number of benzene rings is 1. The number of hydrogen-bond donors (Lipinski definition) is 0. The standard InChI is InChI=1S/C7H5BrFNO/c8-4-5-3-6(9)1-2-7(5)10-11/h1-3H,4H2. The monoisotopic (exact) mass is 217 g/mol. The van der Waals surface area contributed by atoms with Crippen molar-refractivity contribution in [1.29, 1.82) is 0 Å². The Morgan fingerprint density at radius 2 is 2.27 bits per heavy atom. The molecule has 0 bridgehead atoms. The molecule has 0 aliphatic rings. The van der Waals surface area contributed by atoms with Crippen molar-refractivity contribution in [2.75, 3.05) is 0 Å². The van der Waals surface area contributed by atoms with E-state index >= 15 is 0 Å². The summed E-state index contributed by atoms with van der Waals surface area (Å²) >= 11 is 3.12. The SMILES string of the molecule is O=Nc1ccc(F)cc1CBr. The molecular formula is C7H5BrFNO. The molecule has 2 nitrogen and oxygen atoms in total. The van der Waals surface area contributed by atoms with Gasteiger partial charge in [0.2, 0.25) is 0 Å². The van der Waals surface area contributed by atoms with Gasteiger partial charge >= 0.3 is 0 Å². The van der Waals surface area contributed by atoms with Gasteiger partial charge in [-0.25, -0.2) is 4.39 Å². The molecule has 0 aromatic heterocycles. The Labute approximate surface area is 71.5 Å². The summed E-state index contributed by atoms with van der Waals surface area (Å²) in [6.45, 7) is 0. The van der Waals surface area contributed by atoms with Crippen LogP contribution >= 0.6 is 15.9 Å². The third-order valence-electron chi connectivity index (χ3n) is 1.28. The molecule has 0 N–H and O–H groups in total. The van der Waals surface area contributed by atoms with Crippen LogP contribution in [0.25, 0.3) is 0 Å². The highest BCUT2D eigenvalue weighted by Gasteiger charge is 2.01. The van der Waals surface area contributed by atoms with E-state index < -0.39 is 0 Å². The average molecular weight is 218 g/mol. The Morgan fingerprint density at radius 1 is 1.55 bits per heavy atom.